The predicted molar refractivity (Wildman–Crippen MR) is 154 cm³/mol. The van der Waals surface area contributed by atoms with Crippen molar-refractivity contribution in [2.24, 2.45) is 40.9 Å². The molecule has 2 aliphatic carbocycles. The summed E-state index contributed by atoms with van der Waals surface area (Å²) in [7, 11) is 0. The Morgan fingerprint density at radius 2 is 1.69 bits per heavy atom. The molecule has 7 nitrogen and oxygen atoms in total. The molecule has 0 saturated heterocycles. The number of fused-ring (bicyclic) bond motifs is 1. The fraction of sp³-hybridized carbons (Fsp3) is 0.781. The summed E-state index contributed by atoms with van der Waals surface area (Å²) >= 11 is 0. The molecule has 0 radical (unpaired) electrons. The maximum absolute atomic E-state index is 11.8. The number of rotatable bonds is 12. The average Bonchev–Trinajstić information content (AvgIpc) is 2.83. The Balaban J connectivity index is 2.22. The number of carboxylic acids is 1. The third-order valence-electron chi connectivity index (χ3n) is 9.64. The van der Waals surface area contributed by atoms with Crippen LogP contribution in [0.1, 0.15) is 87.5 Å². The summed E-state index contributed by atoms with van der Waals surface area (Å²) < 4.78 is 0. The van der Waals surface area contributed by atoms with E-state index in [9.17, 15) is 35.4 Å². The summed E-state index contributed by atoms with van der Waals surface area (Å²) in [6.07, 6.45) is 4.42. The molecule has 0 amide bonds. The van der Waals surface area contributed by atoms with Crippen LogP contribution < -0.4 is 0 Å². The molecular formula is C32H54O7. The van der Waals surface area contributed by atoms with Crippen LogP contribution in [0.25, 0.3) is 0 Å². The van der Waals surface area contributed by atoms with Gasteiger partial charge in [-0.1, -0.05) is 64.0 Å². The third-order valence-corrected chi connectivity index (χ3v) is 9.64. The zero-order chi connectivity index (χ0) is 29.8. The highest BCUT2D eigenvalue weighted by molar-refractivity contribution is 5.85. The van der Waals surface area contributed by atoms with Crippen molar-refractivity contribution >= 4 is 5.97 Å². The number of carboxylic acid groups (broad SMARTS) is 1. The van der Waals surface area contributed by atoms with Crippen LogP contribution in [0.15, 0.2) is 34.9 Å². The first kappa shape index (κ1) is 33.7. The van der Waals surface area contributed by atoms with Crippen LogP contribution in [0.3, 0.4) is 0 Å². The van der Waals surface area contributed by atoms with E-state index in [0.29, 0.717) is 17.9 Å². The van der Waals surface area contributed by atoms with Crippen molar-refractivity contribution in [3.05, 3.63) is 34.9 Å². The Bertz CT molecular complexity index is 921. The summed E-state index contributed by atoms with van der Waals surface area (Å²) in [5.74, 6) is -1.11. The Morgan fingerprint density at radius 3 is 2.26 bits per heavy atom. The van der Waals surface area contributed by atoms with Crippen LogP contribution in [0.5, 0.6) is 0 Å². The molecule has 7 heteroatoms. The number of hydrogen-bond donors (Lipinski definition) is 6. The Hall–Kier alpha value is -1.51. The fourth-order valence-electron chi connectivity index (χ4n) is 7.33. The van der Waals surface area contributed by atoms with E-state index in [4.69, 9.17) is 0 Å². The molecular weight excluding hydrogens is 496 g/mol. The molecule has 0 spiro atoms. The van der Waals surface area contributed by atoms with Gasteiger partial charge in [0.25, 0.3) is 0 Å². The summed E-state index contributed by atoms with van der Waals surface area (Å²) in [5, 5.41) is 62.5. The summed E-state index contributed by atoms with van der Waals surface area (Å²) in [4.78, 5) is 11.8. The van der Waals surface area contributed by atoms with Crippen molar-refractivity contribution in [1.82, 2.24) is 0 Å². The normalized spacial score (nSPS) is 34.1. The van der Waals surface area contributed by atoms with E-state index in [1.54, 1.807) is 13.8 Å². The molecule has 6 N–H and O–H groups in total. The molecule has 0 aromatic heterocycles. The van der Waals surface area contributed by atoms with Crippen molar-refractivity contribution < 1.29 is 35.4 Å². The zero-order valence-corrected chi connectivity index (χ0v) is 25.2. The van der Waals surface area contributed by atoms with Gasteiger partial charge < -0.3 is 30.6 Å². The minimum Gasteiger partial charge on any atom is -0.478 e. The summed E-state index contributed by atoms with van der Waals surface area (Å²) in [5.41, 5.74) is 1.97. The number of carbonyl (C=O) groups is 1. The van der Waals surface area contributed by atoms with Gasteiger partial charge in [0.05, 0.1) is 30.5 Å². The second kappa shape index (κ2) is 13.9. The van der Waals surface area contributed by atoms with Gasteiger partial charge in [0.2, 0.25) is 0 Å². The van der Waals surface area contributed by atoms with Crippen LogP contribution in [0.2, 0.25) is 0 Å². The minimum absolute atomic E-state index is 0.00141. The van der Waals surface area contributed by atoms with Gasteiger partial charge >= 0.3 is 5.97 Å². The largest absolute Gasteiger partial charge is 0.478 e. The zero-order valence-electron chi connectivity index (χ0n) is 25.2. The molecule has 0 bridgehead atoms. The van der Waals surface area contributed by atoms with E-state index >= 15 is 0 Å². The van der Waals surface area contributed by atoms with Crippen molar-refractivity contribution in [2.45, 2.75) is 118 Å². The van der Waals surface area contributed by atoms with E-state index in [-0.39, 0.29) is 42.4 Å². The van der Waals surface area contributed by atoms with Gasteiger partial charge in [-0.25, -0.2) is 4.79 Å². The Morgan fingerprint density at radius 1 is 1.08 bits per heavy atom. The summed E-state index contributed by atoms with van der Waals surface area (Å²) in [6.45, 7) is 15.5. The molecule has 224 valence electrons. The minimum atomic E-state index is -0.949. The van der Waals surface area contributed by atoms with E-state index in [0.717, 1.165) is 24.0 Å². The SMILES string of the molecule is CC(=CC1C(C(C)=CCC(O)CC(O)CC(O)C(C)C(O)C(C)C)C(C)=CC2(C)C(O)CCC(C)C12)C(=O)O. The van der Waals surface area contributed by atoms with Gasteiger partial charge in [-0.05, 0) is 76.5 Å². The topological polar surface area (TPSA) is 138 Å². The van der Waals surface area contributed by atoms with Gasteiger partial charge in [-0.3, -0.25) is 0 Å². The average molecular weight is 551 g/mol. The molecule has 0 aromatic rings. The van der Waals surface area contributed by atoms with Crippen LogP contribution in [0, 0.1) is 40.9 Å². The van der Waals surface area contributed by atoms with E-state index in [1.165, 1.54) is 0 Å². The van der Waals surface area contributed by atoms with Gasteiger partial charge in [-0.15, -0.1) is 0 Å². The number of aliphatic carboxylic acids is 1. The van der Waals surface area contributed by atoms with E-state index in [1.807, 2.05) is 39.8 Å². The molecule has 11 atom stereocenters. The molecule has 1 fully saturated rings. The predicted octanol–water partition coefficient (Wildman–Crippen LogP) is 4.48. The standard InChI is InChI=1S/C32H54O7/c1-17(2)30(37)22(7)26(35)15-24(34)14-23(33)11-9-18(3)28-21(6)16-32(8)27(36)12-10-19(4)29(32)25(28)13-20(5)31(38)39/h9,13,16-17,19,22-30,33-37H,10-12,14-15H2,1-8H3,(H,38,39). The molecule has 1 saturated carbocycles. The Labute approximate surface area is 235 Å². The number of allylic oxidation sites excluding steroid dienone is 3. The lowest BCUT2D eigenvalue weighted by molar-refractivity contribution is -0.132. The third kappa shape index (κ3) is 8.04. The molecule has 2 rings (SSSR count). The maximum atomic E-state index is 11.8. The lowest BCUT2D eigenvalue weighted by Gasteiger charge is -2.55. The van der Waals surface area contributed by atoms with Crippen molar-refractivity contribution in [3.8, 4) is 0 Å². The number of hydrogen-bond acceptors (Lipinski definition) is 6. The van der Waals surface area contributed by atoms with Crippen LogP contribution in [-0.4, -0.2) is 67.1 Å². The highest BCUT2D eigenvalue weighted by Crippen LogP contribution is 2.57. The molecule has 2 aliphatic rings. The monoisotopic (exact) mass is 550 g/mol. The maximum Gasteiger partial charge on any atom is 0.330 e. The van der Waals surface area contributed by atoms with Gasteiger partial charge in [-0.2, -0.15) is 0 Å². The van der Waals surface area contributed by atoms with Gasteiger partial charge in [0.1, 0.15) is 0 Å². The second-order valence-electron chi connectivity index (χ2n) is 13.2. The number of aliphatic hydroxyl groups excluding tert-OH is 5. The first-order valence-electron chi connectivity index (χ1n) is 14.7. The second-order valence-corrected chi connectivity index (χ2v) is 13.2. The highest BCUT2D eigenvalue weighted by atomic mass is 16.4. The van der Waals surface area contributed by atoms with Gasteiger partial charge in [0.15, 0.2) is 0 Å². The first-order chi connectivity index (χ1) is 18.0. The fourth-order valence-corrected chi connectivity index (χ4v) is 7.33. The van der Waals surface area contributed by atoms with Gasteiger partial charge in [0, 0.05) is 22.8 Å². The first-order valence-corrected chi connectivity index (χ1v) is 14.7. The van der Waals surface area contributed by atoms with Crippen LogP contribution in [-0.2, 0) is 4.79 Å². The molecule has 39 heavy (non-hydrogen) atoms. The van der Waals surface area contributed by atoms with Crippen molar-refractivity contribution in [2.75, 3.05) is 0 Å². The molecule has 11 unspecified atom stereocenters. The quantitative estimate of drug-likeness (QED) is 0.156. The van der Waals surface area contributed by atoms with Crippen LogP contribution in [0.4, 0.5) is 0 Å². The number of aliphatic hydroxyl groups is 5. The lowest BCUT2D eigenvalue weighted by atomic mass is 9.50. The highest BCUT2D eigenvalue weighted by Gasteiger charge is 2.52. The smallest absolute Gasteiger partial charge is 0.330 e. The van der Waals surface area contributed by atoms with E-state index in [2.05, 4.69) is 19.9 Å². The lowest BCUT2D eigenvalue weighted by Crippen LogP contribution is -2.52. The van der Waals surface area contributed by atoms with Crippen molar-refractivity contribution in [3.63, 3.8) is 0 Å². The molecule has 0 aromatic carbocycles. The van der Waals surface area contributed by atoms with E-state index < -0.39 is 41.9 Å². The molecule has 0 heterocycles. The molecule has 0 aliphatic heterocycles. The van der Waals surface area contributed by atoms with Crippen molar-refractivity contribution in [1.29, 1.82) is 0 Å². The Kier molecular flexibility index (Phi) is 12.0. The summed E-state index contributed by atoms with van der Waals surface area (Å²) in [6, 6.07) is 0. The van der Waals surface area contributed by atoms with Crippen LogP contribution >= 0.6 is 0 Å².